The summed E-state index contributed by atoms with van der Waals surface area (Å²) >= 11 is 12.1. The fourth-order valence-electron chi connectivity index (χ4n) is 2.47. The normalized spacial score (nSPS) is 10.5. The van der Waals surface area contributed by atoms with E-state index in [9.17, 15) is 0 Å². The molecule has 0 radical (unpaired) electrons. The van der Waals surface area contributed by atoms with Gasteiger partial charge >= 0.3 is 0 Å². The van der Waals surface area contributed by atoms with E-state index in [0.29, 0.717) is 23.2 Å². The SMILES string of the molecule is Cc1ccccc1COc1ccc(CNc2ccc(Cl)cc2Cl)cc1. The van der Waals surface area contributed by atoms with Crippen LogP contribution in [-0.2, 0) is 13.2 Å². The molecule has 0 aliphatic heterocycles. The number of aryl methyl sites for hydroxylation is 1. The van der Waals surface area contributed by atoms with E-state index in [-0.39, 0.29) is 0 Å². The number of nitrogens with one attached hydrogen (secondary N) is 1. The molecule has 0 aliphatic carbocycles. The molecule has 3 aromatic carbocycles. The second kappa shape index (κ2) is 8.28. The second-order valence-corrected chi connectivity index (χ2v) is 6.68. The van der Waals surface area contributed by atoms with Crippen molar-refractivity contribution in [2.75, 3.05) is 5.32 Å². The minimum absolute atomic E-state index is 0.574. The van der Waals surface area contributed by atoms with Crippen molar-refractivity contribution in [3.05, 3.63) is 93.5 Å². The Hall–Kier alpha value is -2.16. The van der Waals surface area contributed by atoms with Crippen molar-refractivity contribution in [3.63, 3.8) is 0 Å². The summed E-state index contributed by atoms with van der Waals surface area (Å²) < 4.78 is 5.87. The summed E-state index contributed by atoms with van der Waals surface area (Å²) in [5.74, 6) is 0.858. The zero-order valence-electron chi connectivity index (χ0n) is 13.9. The van der Waals surface area contributed by atoms with Gasteiger partial charge in [0.2, 0.25) is 0 Å². The highest BCUT2D eigenvalue weighted by molar-refractivity contribution is 6.36. The van der Waals surface area contributed by atoms with Gasteiger partial charge < -0.3 is 10.1 Å². The Morgan fingerprint density at radius 3 is 2.40 bits per heavy atom. The lowest BCUT2D eigenvalue weighted by Crippen LogP contribution is -2.01. The Morgan fingerprint density at radius 1 is 0.920 bits per heavy atom. The van der Waals surface area contributed by atoms with Crippen LogP contribution in [0.25, 0.3) is 0 Å². The summed E-state index contributed by atoms with van der Waals surface area (Å²) in [4.78, 5) is 0. The van der Waals surface area contributed by atoms with Crippen LogP contribution < -0.4 is 10.1 Å². The second-order valence-electron chi connectivity index (χ2n) is 5.84. The van der Waals surface area contributed by atoms with Crippen molar-refractivity contribution in [1.29, 1.82) is 0 Å². The predicted molar refractivity (Wildman–Crippen MR) is 106 cm³/mol. The number of hydrogen-bond acceptors (Lipinski definition) is 2. The number of hydrogen-bond donors (Lipinski definition) is 1. The fraction of sp³-hybridized carbons (Fsp3) is 0.143. The number of benzene rings is 3. The molecule has 2 nitrogen and oxygen atoms in total. The van der Waals surface area contributed by atoms with Crippen LogP contribution in [0.15, 0.2) is 66.7 Å². The van der Waals surface area contributed by atoms with Crippen molar-refractivity contribution in [2.45, 2.75) is 20.1 Å². The van der Waals surface area contributed by atoms with Gasteiger partial charge in [0.25, 0.3) is 0 Å². The van der Waals surface area contributed by atoms with Crippen LogP contribution in [0, 0.1) is 6.92 Å². The minimum atomic E-state index is 0.574. The van der Waals surface area contributed by atoms with Crippen LogP contribution in [-0.4, -0.2) is 0 Å². The molecule has 0 aromatic heterocycles. The smallest absolute Gasteiger partial charge is 0.119 e. The molecule has 3 rings (SSSR count). The standard InChI is InChI=1S/C21H19Cl2NO/c1-15-4-2-3-5-17(15)14-25-19-9-6-16(7-10-19)13-24-21-11-8-18(22)12-20(21)23/h2-12,24H,13-14H2,1H3. The Kier molecular flexibility index (Phi) is 5.85. The Morgan fingerprint density at radius 2 is 1.68 bits per heavy atom. The van der Waals surface area contributed by atoms with Gasteiger partial charge in [-0.05, 0) is 53.9 Å². The lowest BCUT2D eigenvalue weighted by Gasteiger charge is -2.11. The maximum absolute atomic E-state index is 6.17. The van der Waals surface area contributed by atoms with Crippen LogP contribution in [0.1, 0.15) is 16.7 Å². The summed E-state index contributed by atoms with van der Waals surface area (Å²) in [6.45, 7) is 3.35. The molecule has 0 aliphatic rings. The van der Waals surface area contributed by atoms with Crippen molar-refractivity contribution in [1.82, 2.24) is 0 Å². The highest BCUT2D eigenvalue weighted by Crippen LogP contribution is 2.26. The monoisotopic (exact) mass is 371 g/mol. The van der Waals surface area contributed by atoms with E-state index < -0.39 is 0 Å². The molecule has 0 atom stereocenters. The van der Waals surface area contributed by atoms with Gasteiger partial charge in [-0.1, -0.05) is 59.6 Å². The fourth-order valence-corrected chi connectivity index (χ4v) is 2.94. The molecule has 128 valence electrons. The van der Waals surface area contributed by atoms with Gasteiger partial charge in [-0.15, -0.1) is 0 Å². The number of halogens is 2. The molecule has 25 heavy (non-hydrogen) atoms. The summed E-state index contributed by atoms with van der Waals surface area (Å²) in [5.41, 5.74) is 4.45. The highest BCUT2D eigenvalue weighted by atomic mass is 35.5. The van der Waals surface area contributed by atoms with Crippen LogP contribution in [0.4, 0.5) is 5.69 Å². The van der Waals surface area contributed by atoms with Crippen LogP contribution >= 0.6 is 23.2 Å². The maximum atomic E-state index is 6.17. The van der Waals surface area contributed by atoms with E-state index >= 15 is 0 Å². The van der Waals surface area contributed by atoms with Crippen LogP contribution in [0.3, 0.4) is 0 Å². The number of anilines is 1. The van der Waals surface area contributed by atoms with Gasteiger partial charge in [0, 0.05) is 11.6 Å². The van der Waals surface area contributed by atoms with Gasteiger partial charge in [-0.25, -0.2) is 0 Å². The van der Waals surface area contributed by atoms with Crippen molar-refractivity contribution in [2.24, 2.45) is 0 Å². The molecular weight excluding hydrogens is 353 g/mol. The number of ether oxygens (including phenoxy) is 1. The Bertz CT molecular complexity index is 847. The van der Waals surface area contributed by atoms with Gasteiger partial charge in [-0.3, -0.25) is 0 Å². The van der Waals surface area contributed by atoms with Crippen molar-refractivity contribution < 1.29 is 4.74 Å². The van der Waals surface area contributed by atoms with Crippen molar-refractivity contribution >= 4 is 28.9 Å². The van der Waals surface area contributed by atoms with E-state index in [1.54, 1.807) is 6.07 Å². The average molecular weight is 372 g/mol. The molecule has 0 fully saturated rings. The largest absolute Gasteiger partial charge is 0.489 e. The first kappa shape index (κ1) is 17.7. The van der Waals surface area contributed by atoms with Crippen LogP contribution in [0.2, 0.25) is 10.0 Å². The molecule has 0 spiro atoms. The van der Waals surface area contributed by atoms with Gasteiger partial charge in [-0.2, -0.15) is 0 Å². The molecule has 0 heterocycles. The first-order valence-electron chi connectivity index (χ1n) is 8.07. The third kappa shape index (κ3) is 4.91. The molecule has 0 amide bonds. The lowest BCUT2D eigenvalue weighted by atomic mass is 10.1. The van der Waals surface area contributed by atoms with E-state index in [1.165, 1.54) is 11.1 Å². The van der Waals surface area contributed by atoms with E-state index in [2.05, 4.69) is 24.4 Å². The third-order valence-electron chi connectivity index (χ3n) is 3.99. The lowest BCUT2D eigenvalue weighted by molar-refractivity contribution is 0.305. The first-order valence-corrected chi connectivity index (χ1v) is 8.82. The molecule has 1 N–H and O–H groups in total. The summed E-state index contributed by atoms with van der Waals surface area (Å²) in [6.07, 6.45) is 0. The summed E-state index contributed by atoms with van der Waals surface area (Å²) in [7, 11) is 0. The van der Waals surface area contributed by atoms with Gasteiger partial charge in [0.05, 0.1) is 10.7 Å². The summed E-state index contributed by atoms with van der Waals surface area (Å²) in [5, 5.41) is 4.56. The zero-order valence-corrected chi connectivity index (χ0v) is 15.4. The van der Waals surface area contributed by atoms with E-state index in [0.717, 1.165) is 17.0 Å². The topological polar surface area (TPSA) is 21.3 Å². The Labute approximate surface area is 158 Å². The molecule has 0 saturated heterocycles. The molecular formula is C21H19Cl2NO. The first-order chi connectivity index (χ1) is 12.1. The van der Waals surface area contributed by atoms with E-state index in [1.807, 2.05) is 48.5 Å². The molecule has 4 heteroatoms. The van der Waals surface area contributed by atoms with Gasteiger partial charge in [0.15, 0.2) is 0 Å². The molecule has 0 unspecified atom stereocenters. The average Bonchev–Trinajstić information content (AvgIpc) is 2.61. The van der Waals surface area contributed by atoms with Crippen molar-refractivity contribution in [3.8, 4) is 5.75 Å². The third-order valence-corrected chi connectivity index (χ3v) is 4.54. The number of rotatable bonds is 6. The van der Waals surface area contributed by atoms with Crippen LogP contribution in [0.5, 0.6) is 5.75 Å². The maximum Gasteiger partial charge on any atom is 0.119 e. The quantitative estimate of drug-likeness (QED) is 0.534. The van der Waals surface area contributed by atoms with E-state index in [4.69, 9.17) is 27.9 Å². The highest BCUT2D eigenvalue weighted by Gasteiger charge is 2.02. The molecule has 0 bridgehead atoms. The summed E-state index contributed by atoms with van der Waals surface area (Å²) in [6, 6.07) is 21.7. The predicted octanol–water partition coefficient (Wildman–Crippen LogP) is 6.49. The zero-order chi connectivity index (χ0) is 17.6. The molecule has 0 saturated carbocycles. The van der Waals surface area contributed by atoms with Gasteiger partial charge in [0.1, 0.15) is 12.4 Å². The Balaban J connectivity index is 1.56. The molecule has 3 aromatic rings. The minimum Gasteiger partial charge on any atom is -0.489 e.